The van der Waals surface area contributed by atoms with Crippen molar-refractivity contribution in [3.05, 3.63) is 48.9 Å². The maximum Gasteiger partial charge on any atom is 0.132 e. The molecule has 0 saturated carbocycles. The molecular formula is C15H15N2OY-. The second-order valence-electron chi connectivity index (χ2n) is 4.20. The molecule has 2 aromatic rings. The van der Waals surface area contributed by atoms with Crippen LogP contribution in [0.25, 0.3) is 10.8 Å². The van der Waals surface area contributed by atoms with Gasteiger partial charge in [0.15, 0.2) is 0 Å². The Hall–Kier alpha value is -0.926. The van der Waals surface area contributed by atoms with Gasteiger partial charge in [-0.05, 0) is 29.5 Å². The van der Waals surface area contributed by atoms with Gasteiger partial charge in [0.2, 0.25) is 0 Å². The van der Waals surface area contributed by atoms with Crippen molar-refractivity contribution in [1.82, 2.24) is 5.32 Å². The Labute approximate surface area is 138 Å². The maximum absolute atomic E-state index is 5.63. The second-order valence-corrected chi connectivity index (χ2v) is 4.20. The molecule has 1 heterocycles. The first kappa shape index (κ1) is 14.5. The molecule has 0 aliphatic carbocycles. The fourth-order valence-corrected chi connectivity index (χ4v) is 2.21. The van der Waals surface area contributed by atoms with Crippen LogP contribution in [0.1, 0.15) is 5.56 Å². The summed E-state index contributed by atoms with van der Waals surface area (Å²) in [5, 5.41) is 5.65. The Bertz CT molecular complexity index is 610. The molecule has 0 bridgehead atoms. The Kier molecular flexibility index (Phi) is 4.95. The van der Waals surface area contributed by atoms with Crippen molar-refractivity contribution in [3.63, 3.8) is 0 Å². The van der Waals surface area contributed by atoms with Crippen molar-refractivity contribution < 1.29 is 37.4 Å². The summed E-state index contributed by atoms with van der Waals surface area (Å²) in [6.45, 7) is 5.88. The summed E-state index contributed by atoms with van der Waals surface area (Å²) in [4.78, 5) is 4.46. The van der Waals surface area contributed by atoms with E-state index in [2.05, 4.69) is 41.5 Å². The molecule has 3 rings (SSSR count). The third-order valence-corrected chi connectivity index (χ3v) is 3.03. The molecule has 1 aliphatic heterocycles. The number of fused-ring (bicyclic) bond motifs is 1. The molecule has 0 unspecified atom stereocenters. The van der Waals surface area contributed by atoms with Gasteiger partial charge in [0.05, 0.1) is 12.1 Å². The largest absolute Gasteiger partial charge is 0.524 e. The molecule has 4 heteroatoms. The van der Waals surface area contributed by atoms with E-state index < -0.39 is 0 Å². The van der Waals surface area contributed by atoms with E-state index >= 15 is 0 Å². The van der Waals surface area contributed by atoms with Crippen LogP contribution in [0, 0.1) is 6.92 Å². The van der Waals surface area contributed by atoms with E-state index in [4.69, 9.17) is 4.74 Å². The monoisotopic (exact) mass is 328 g/mol. The zero-order valence-corrected chi connectivity index (χ0v) is 13.6. The normalized spacial score (nSPS) is 13.6. The van der Waals surface area contributed by atoms with Crippen molar-refractivity contribution in [2.45, 2.75) is 0 Å². The SMILES string of the molecule is [CH2-]COc1cc2ccccc2cc1C1=NCCN1.[Y]. The number of hydrogen-bond acceptors (Lipinski definition) is 3. The third kappa shape index (κ3) is 2.98. The van der Waals surface area contributed by atoms with Crippen molar-refractivity contribution in [3.8, 4) is 5.75 Å². The van der Waals surface area contributed by atoms with Gasteiger partial charge in [0.1, 0.15) is 11.6 Å². The molecule has 0 saturated heterocycles. The van der Waals surface area contributed by atoms with Gasteiger partial charge < -0.3 is 17.0 Å². The smallest absolute Gasteiger partial charge is 0.132 e. The first-order valence-corrected chi connectivity index (χ1v) is 6.12. The topological polar surface area (TPSA) is 33.6 Å². The van der Waals surface area contributed by atoms with Gasteiger partial charge in [-0.3, -0.25) is 4.99 Å². The fourth-order valence-electron chi connectivity index (χ4n) is 2.21. The molecule has 19 heavy (non-hydrogen) atoms. The van der Waals surface area contributed by atoms with Crippen LogP contribution in [0.2, 0.25) is 0 Å². The van der Waals surface area contributed by atoms with E-state index in [1.54, 1.807) is 0 Å². The van der Waals surface area contributed by atoms with Crippen LogP contribution in [-0.2, 0) is 32.7 Å². The van der Waals surface area contributed by atoms with Gasteiger partial charge in [-0.15, -0.1) is 0 Å². The molecule has 0 atom stereocenters. The van der Waals surface area contributed by atoms with Gasteiger partial charge in [-0.2, -0.15) is 0 Å². The predicted molar refractivity (Wildman–Crippen MR) is 74.2 cm³/mol. The number of nitrogens with zero attached hydrogens (tertiary/aromatic N) is 1. The van der Waals surface area contributed by atoms with Crippen LogP contribution in [0.15, 0.2) is 41.4 Å². The first-order chi connectivity index (χ1) is 8.88. The van der Waals surface area contributed by atoms with E-state index in [0.29, 0.717) is 6.61 Å². The van der Waals surface area contributed by atoms with Crippen LogP contribution in [0.4, 0.5) is 0 Å². The number of aliphatic imine (C=N–C) groups is 1. The summed E-state index contributed by atoms with van der Waals surface area (Å²) in [6, 6.07) is 12.4. The summed E-state index contributed by atoms with van der Waals surface area (Å²) in [6.07, 6.45) is 0. The minimum absolute atomic E-state index is 0. The third-order valence-electron chi connectivity index (χ3n) is 3.03. The number of hydrogen-bond donors (Lipinski definition) is 1. The average molecular weight is 328 g/mol. The van der Waals surface area contributed by atoms with Crippen molar-refractivity contribution in [1.29, 1.82) is 0 Å². The van der Waals surface area contributed by atoms with Crippen LogP contribution in [-0.4, -0.2) is 25.5 Å². The molecule has 0 amide bonds. The van der Waals surface area contributed by atoms with Crippen molar-refractivity contribution in [2.24, 2.45) is 4.99 Å². The first-order valence-electron chi connectivity index (χ1n) is 6.12. The van der Waals surface area contributed by atoms with Gasteiger partial charge in [-0.1, -0.05) is 24.3 Å². The maximum atomic E-state index is 5.63. The van der Waals surface area contributed by atoms with Crippen LogP contribution >= 0.6 is 0 Å². The van der Waals surface area contributed by atoms with Crippen molar-refractivity contribution >= 4 is 16.6 Å². The van der Waals surface area contributed by atoms with Gasteiger partial charge in [0.25, 0.3) is 0 Å². The Balaban J connectivity index is 0.00000133. The quantitative estimate of drug-likeness (QED) is 0.878. The number of nitrogens with one attached hydrogen (secondary N) is 1. The molecule has 0 aromatic heterocycles. The fraction of sp³-hybridized carbons (Fsp3) is 0.200. The molecule has 0 fully saturated rings. The number of ether oxygens (including phenoxy) is 1. The molecule has 1 radical (unpaired) electrons. The molecular weight excluding hydrogens is 313 g/mol. The molecule has 1 aliphatic rings. The number of amidine groups is 1. The van der Waals surface area contributed by atoms with Crippen LogP contribution in [0.5, 0.6) is 5.75 Å². The van der Waals surface area contributed by atoms with Gasteiger partial charge >= 0.3 is 0 Å². The average Bonchev–Trinajstić information content (AvgIpc) is 2.92. The molecule has 2 aromatic carbocycles. The van der Waals surface area contributed by atoms with Gasteiger partial charge in [0, 0.05) is 39.3 Å². The van der Waals surface area contributed by atoms with Crippen molar-refractivity contribution in [2.75, 3.05) is 19.7 Å². The number of benzene rings is 2. The molecule has 0 spiro atoms. The van der Waals surface area contributed by atoms with Crippen LogP contribution in [0.3, 0.4) is 0 Å². The summed E-state index contributed by atoms with van der Waals surface area (Å²) in [7, 11) is 0. The van der Waals surface area contributed by atoms with Crippen LogP contribution < -0.4 is 10.1 Å². The van der Waals surface area contributed by atoms with E-state index in [9.17, 15) is 0 Å². The number of rotatable bonds is 3. The second kappa shape index (κ2) is 6.49. The molecule has 1 N–H and O–H groups in total. The summed E-state index contributed by atoms with van der Waals surface area (Å²) >= 11 is 0. The Morgan fingerprint density at radius 3 is 2.58 bits per heavy atom. The van der Waals surface area contributed by atoms with E-state index in [-0.39, 0.29) is 32.7 Å². The summed E-state index contributed by atoms with van der Waals surface area (Å²) in [5.41, 5.74) is 1.02. The Morgan fingerprint density at radius 2 is 1.95 bits per heavy atom. The molecule has 95 valence electrons. The summed E-state index contributed by atoms with van der Waals surface area (Å²) < 4.78 is 5.63. The zero-order chi connectivity index (χ0) is 12.4. The van der Waals surface area contributed by atoms with E-state index in [0.717, 1.165) is 30.2 Å². The van der Waals surface area contributed by atoms with Gasteiger partial charge in [-0.25, -0.2) is 0 Å². The van der Waals surface area contributed by atoms with E-state index in [1.165, 1.54) is 10.8 Å². The standard InChI is InChI=1S/C15H15N2O.Y/c1-2-18-14-10-12-6-4-3-5-11(12)9-13(14)15-16-7-8-17-15;/h3-6,9-10H,1-2,7-8H2,(H,16,17);/q-1;. The predicted octanol–water partition coefficient (Wildman–Crippen LogP) is 2.40. The Morgan fingerprint density at radius 1 is 1.21 bits per heavy atom. The zero-order valence-electron chi connectivity index (χ0n) is 10.7. The molecule has 3 nitrogen and oxygen atoms in total. The summed E-state index contributed by atoms with van der Waals surface area (Å²) in [5.74, 6) is 1.76. The minimum Gasteiger partial charge on any atom is -0.524 e. The minimum atomic E-state index is 0. The van der Waals surface area contributed by atoms with E-state index in [1.807, 2.05) is 12.1 Å².